The summed E-state index contributed by atoms with van der Waals surface area (Å²) in [5, 5.41) is 5.83. The van der Waals surface area contributed by atoms with Crippen LogP contribution in [-0.2, 0) is 33.7 Å². The van der Waals surface area contributed by atoms with Gasteiger partial charge >= 0.3 is 6.09 Å². The topological polar surface area (TPSA) is 87.7 Å². The van der Waals surface area contributed by atoms with Crippen molar-refractivity contribution in [3.63, 3.8) is 0 Å². The summed E-state index contributed by atoms with van der Waals surface area (Å²) in [5.41, 5.74) is 2.97. The van der Waals surface area contributed by atoms with Crippen LogP contribution in [0.5, 0.6) is 0 Å². The molecule has 0 heterocycles. The van der Waals surface area contributed by atoms with E-state index in [4.69, 9.17) is 4.74 Å². The number of amides is 3. The molecule has 3 rings (SSSR count). The van der Waals surface area contributed by atoms with Crippen molar-refractivity contribution in [2.24, 2.45) is 0 Å². The average Bonchev–Trinajstić information content (AvgIpc) is 2.95. The number of aryl methyl sites for hydroxylation is 1. The van der Waals surface area contributed by atoms with Gasteiger partial charge in [-0.2, -0.15) is 0 Å². The zero-order chi connectivity index (χ0) is 29.8. The molecule has 2 atom stereocenters. The molecule has 0 aliphatic rings. The monoisotopic (exact) mass is 557 g/mol. The van der Waals surface area contributed by atoms with Crippen LogP contribution in [0.4, 0.5) is 4.79 Å². The average molecular weight is 558 g/mol. The fourth-order valence-electron chi connectivity index (χ4n) is 4.60. The van der Waals surface area contributed by atoms with E-state index in [-0.39, 0.29) is 18.2 Å². The number of nitrogens with one attached hydrogen (secondary N) is 2. The van der Waals surface area contributed by atoms with Crippen LogP contribution < -0.4 is 10.6 Å². The van der Waals surface area contributed by atoms with Gasteiger partial charge in [-0.1, -0.05) is 98.8 Å². The van der Waals surface area contributed by atoms with E-state index in [2.05, 4.69) is 17.6 Å². The molecule has 0 aliphatic heterocycles. The molecule has 2 N–H and O–H groups in total. The lowest BCUT2D eigenvalue weighted by Gasteiger charge is -2.34. The summed E-state index contributed by atoms with van der Waals surface area (Å²) in [7, 11) is 0. The first-order valence-corrected chi connectivity index (χ1v) is 14.4. The first-order valence-electron chi connectivity index (χ1n) is 14.4. The maximum atomic E-state index is 14.3. The maximum absolute atomic E-state index is 14.3. The Labute approximate surface area is 244 Å². The van der Waals surface area contributed by atoms with Gasteiger partial charge in [-0.25, -0.2) is 4.79 Å². The minimum atomic E-state index is -0.932. The molecular weight excluding hydrogens is 514 g/mol. The highest BCUT2D eigenvalue weighted by molar-refractivity contribution is 5.92. The van der Waals surface area contributed by atoms with Crippen molar-refractivity contribution in [3.8, 4) is 0 Å². The van der Waals surface area contributed by atoms with E-state index in [0.29, 0.717) is 25.1 Å². The lowest BCUT2D eigenvalue weighted by atomic mass is 9.98. The Balaban J connectivity index is 1.98. The van der Waals surface area contributed by atoms with Crippen LogP contribution in [0.25, 0.3) is 0 Å². The van der Waals surface area contributed by atoms with E-state index >= 15 is 0 Å². The van der Waals surface area contributed by atoms with Crippen molar-refractivity contribution in [2.45, 2.75) is 78.1 Å². The second-order valence-electron chi connectivity index (χ2n) is 11.1. The number of rotatable bonds is 12. The number of hydrogen-bond acceptors (Lipinski definition) is 4. The van der Waals surface area contributed by atoms with Crippen LogP contribution in [0.15, 0.2) is 84.9 Å². The van der Waals surface area contributed by atoms with E-state index < -0.39 is 23.8 Å². The molecule has 3 amide bonds. The zero-order valence-corrected chi connectivity index (χ0v) is 24.9. The minimum Gasteiger partial charge on any atom is -0.444 e. The molecule has 0 saturated heterocycles. The Hall–Kier alpha value is -4.13. The number of ether oxygens (including phenoxy) is 1. The van der Waals surface area contributed by atoms with E-state index in [1.165, 1.54) is 0 Å². The molecule has 218 valence electrons. The van der Waals surface area contributed by atoms with Gasteiger partial charge in [0.1, 0.15) is 17.7 Å². The fraction of sp³-hybridized carbons (Fsp3) is 0.382. The smallest absolute Gasteiger partial charge is 0.408 e. The van der Waals surface area contributed by atoms with Crippen LogP contribution in [0, 0.1) is 0 Å². The molecule has 0 aromatic heterocycles. The number of carbonyl (C=O) groups is 3. The number of carbonyl (C=O) groups excluding carboxylic acids is 3. The zero-order valence-electron chi connectivity index (χ0n) is 24.9. The highest BCUT2D eigenvalue weighted by Crippen LogP contribution is 2.25. The summed E-state index contributed by atoms with van der Waals surface area (Å²) >= 11 is 0. The Morgan fingerprint density at radius 1 is 0.805 bits per heavy atom. The molecule has 0 saturated carbocycles. The largest absolute Gasteiger partial charge is 0.444 e. The Morgan fingerprint density at radius 3 is 1.93 bits per heavy atom. The van der Waals surface area contributed by atoms with Crippen molar-refractivity contribution in [2.75, 3.05) is 6.54 Å². The summed E-state index contributed by atoms with van der Waals surface area (Å²) in [6.07, 6.45) is 1.07. The molecule has 0 aliphatic carbocycles. The van der Waals surface area contributed by atoms with Gasteiger partial charge in [-0.3, -0.25) is 9.59 Å². The second-order valence-corrected chi connectivity index (χ2v) is 11.1. The van der Waals surface area contributed by atoms with Crippen molar-refractivity contribution < 1.29 is 19.1 Å². The van der Waals surface area contributed by atoms with Crippen molar-refractivity contribution in [3.05, 3.63) is 107 Å². The molecule has 0 spiro atoms. The molecular formula is C34H43N3O4. The summed E-state index contributed by atoms with van der Waals surface area (Å²) < 4.78 is 5.50. The van der Waals surface area contributed by atoms with Gasteiger partial charge in [0.25, 0.3) is 0 Å². The lowest BCUT2D eigenvalue weighted by molar-refractivity contribution is -0.142. The summed E-state index contributed by atoms with van der Waals surface area (Å²) in [5.74, 6) is -0.628. The van der Waals surface area contributed by atoms with Gasteiger partial charge in [0.15, 0.2) is 0 Å². The van der Waals surface area contributed by atoms with Gasteiger partial charge in [0, 0.05) is 19.5 Å². The predicted octanol–water partition coefficient (Wildman–Crippen LogP) is 5.98. The van der Waals surface area contributed by atoms with Crippen LogP contribution in [-0.4, -0.2) is 41.0 Å². The Kier molecular flexibility index (Phi) is 11.5. The molecule has 0 fully saturated rings. The van der Waals surface area contributed by atoms with Crippen molar-refractivity contribution >= 4 is 17.9 Å². The van der Waals surface area contributed by atoms with Crippen LogP contribution in [0.2, 0.25) is 0 Å². The van der Waals surface area contributed by atoms with E-state index in [9.17, 15) is 14.4 Å². The van der Waals surface area contributed by atoms with E-state index in [1.807, 2.05) is 91.9 Å². The van der Waals surface area contributed by atoms with Gasteiger partial charge in [0.05, 0.1) is 0 Å². The van der Waals surface area contributed by atoms with Crippen LogP contribution >= 0.6 is 0 Å². The second kappa shape index (κ2) is 15.0. The van der Waals surface area contributed by atoms with Gasteiger partial charge in [-0.05, 0) is 55.9 Å². The van der Waals surface area contributed by atoms with Crippen molar-refractivity contribution in [1.29, 1.82) is 0 Å². The highest BCUT2D eigenvalue weighted by atomic mass is 16.6. The standard InChI is InChI=1S/C34H43N3O4/c1-6-22-37(32(39)29(23-26-14-10-8-11-15-26)36-33(40)41-34(3,4)5)30(28-20-18-25(7-2)19-21-28)31(38)35-24-27-16-12-9-13-17-27/h8-21,29-30H,6-7,22-24H2,1-5H3,(H,35,38)(H,36,40). The Morgan fingerprint density at radius 2 is 1.39 bits per heavy atom. The molecule has 7 heteroatoms. The molecule has 41 heavy (non-hydrogen) atoms. The van der Waals surface area contributed by atoms with Gasteiger partial charge < -0.3 is 20.3 Å². The van der Waals surface area contributed by atoms with E-state index in [1.54, 1.807) is 25.7 Å². The molecule has 0 bridgehead atoms. The molecule has 2 unspecified atom stereocenters. The van der Waals surface area contributed by atoms with Crippen LogP contribution in [0.3, 0.4) is 0 Å². The third kappa shape index (κ3) is 9.78. The number of nitrogens with zero attached hydrogens (tertiary/aromatic N) is 1. The van der Waals surface area contributed by atoms with E-state index in [0.717, 1.165) is 23.1 Å². The first-order chi connectivity index (χ1) is 19.6. The van der Waals surface area contributed by atoms with Crippen molar-refractivity contribution in [1.82, 2.24) is 15.5 Å². The normalized spacial score (nSPS) is 12.6. The molecule has 7 nitrogen and oxygen atoms in total. The molecule has 3 aromatic rings. The summed E-state index contributed by atoms with van der Waals surface area (Å²) in [6.45, 7) is 10.0. The number of hydrogen-bond donors (Lipinski definition) is 2. The number of benzene rings is 3. The van der Waals surface area contributed by atoms with Crippen LogP contribution in [0.1, 0.15) is 69.3 Å². The fourth-order valence-corrected chi connectivity index (χ4v) is 4.60. The minimum absolute atomic E-state index is 0.256. The summed E-state index contributed by atoms with van der Waals surface area (Å²) in [4.78, 5) is 42.7. The third-order valence-corrected chi connectivity index (χ3v) is 6.59. The lowest BCUT2D eigenvalue weighted by Crippen LogP contribution is -2.54. The maximum Gasteiger partial charge on any atom is 0.408 e. The molecule has 3 aromatic carbocycles. The number of alkyl carbamates (subject to hydrolysis) is 1. The highest BCUT2D eigenvalue weighted by Gasteiger charge is 2.36. The molecule has 0 radical (unpaired) electrons. The Bertz CT molecular complexity index is 1250. The van der Waals surface area contributed by atoms with Gasteiger partial charge in [-0.15, -0.1) is 0 Å². The first kappa shape index (κ1) is 31.4. The van der Waals surface area contributed by atoms with Gasteiger partial charge in [0.2, 0.25) is 11.8 Å². The third-order valence-electron chi connectivity index (χ3n) is 6.59. The summed E-state index contributed by atoms with van der Waals surface area (Å²) in [6, 6.07) is 25.2. The quantitative estimate of drug-likeness (QED) is 0.287. The SMILES string of the molecule is CCCN(C(=O)C(Cc1ccccc1)NC(=O)OC(C)(C)C)C(C(=O)NCc1ccccc1)c1ccc(CC)cc1. The predicted molar refractivity (Wildman–Crippen MR) is 162 cm³/mol.